The fourth-order valence-electron chi connectivity index (χ4n) is 1.23. The summed E-state index contributed by atoms with van der Waals surface area (Å²) in [6.07, 6.45) is -1.57. The van der Waals surface area contributed by atoms with Gasteiger partial charge in [-0.25, -0.2) is 4.79 Å². The molecule has 1 rings (SSSR count). The van der Waals surface area contributed by atoms with E-state index in [0.717, 1.165) is 0 Å². The number of nitrogens with zero attached hydrogens (tertiary/aromatic N) is 1. The minimum Gasteiger partial charge on any atom is -0.449 e. The van der Waals surface area contributed by atoms with Gasteiger partial charge in [-0.2, -0.15) is 0 Å². The van der Waals surface area contributed by atoms with E-state index in [1.165, 1.54) is 12.1 Å². The number of carboxylic acid groups (broad SMARTS) is 1. The number of hydrogen-bond acceptors (Lipinski definition) is 4. The van der Waals surface area contributed by atoms with Gasteiger partial charge in [-0.05, 0) is 13.0 Å². The van der Waals surface area contributed by atoms with E-state index in [1.807, 2.05) is 22.6 Å². The number of nitro benzene ring substituents is 1. The van der Waals surface area contributed by atoms with E-state index in [9.17, 15) is 14.9 Å². The molecular formula is C9H8INO5. The zero-order valence-corrected chi connectivity index (χ0v) is 10.4. The highest BCUT2D eigenvalue weighted by molar-refractivity contribution is 14.1. The monoisotopic (exact) mass is 337 g/mol. The standard InChI is InChI=1S/C9H8INO5/c1-5(10)6-3-2-4-7(16-9(12)13)8(6)11(14)15/h2-5H,1H3,(H,12,13). The summed E-state index contributed by atoms with van der Waals surface area (Å²) in [5, 5.41) is 19.3. The van der Waals surface area contributed by atoms with Crippen LogP contribution in [0.25, 0.3) is 0 Å². The first-order valence-corrected chi connectivity index (χ1v) is 5.50. The molecule has 1 aromatic rings. The van der Waals surface area contributed by atoms with Crippen molar-refractivity contribution in [2.45, 2.75) is 10.8 Å². The summed E-state index contributed by atoms with van der Waals surface area (Å²) < 4.78 is 4.25. The van der Waals surface area contributed by atoms with Crippen molar-refractivity contribution in [3.8, 4) is 5.75 Å². The third-order valence-electron chi connectivity index (χ3n) is 1.84. The highest BCUT2D eigenvalue weighted by atomic mass is 127. The summed E-state index contributed by atoms with van der Waals surface area (Å²) in [5.41, 5.74) is 0.135. The summed E-state index contributed by atoms with van der Waals surface area (Å²) in [7, 11) is 0. The predicted octanol–water partition coefficient (Wildman–Crippen LogP) is 3.15. The molecule has 1 unspecified atom stereocenters. The number of hydrogen-bond donors (Lipinski definition) is 1. The van der Waals surface area contributed by atoms with E-state index in [2.05, 4.69) is 4.74 Å². The van der Waals surface area contributed by atoms with Crippen LogP contribution in [0.4, 0.5) is 10.5 Å². The quantitative estimate of drug-likeness (QED) is 0.229. The Bertz CT molecular complexity index is 432. The molecule has 1 aromatic carbocycles. The first-order chi connectivity index (χ1) is 7.43. The number of halogens is 1. The second kappa shape index (κ2) is 5.10. The lowest BCUT2D eigenvalue weighted by molar-refractivity contribution is -0.386. The molecule has 0 saturated carbocycles. The van der Waals surface area contributed by atoms with Crippen LogP contribution in [0.5, 0.6) is 5.75 Å². The van der Waals surface area contributed by atoms with Gasteiger partial charge in [-0.1, -0.05) is 34.7 Å². The van der Waals surface area contributed by atoms with Crippen LogP contribution in [0, 0.1) is 10.1 Å². The number of para-hydroxylation sites is 1. The smallest absolute Gasteiger partial charge is 0.449 e. The van der Waals surface area contributed by atoms with E-state index in [1.54, 1.807) is 13.0 Å². The summed E-state index contributed by atoms with van der Waals surface area (Å²) in [6.45, 7) is 1.77. The molecule has 0 radical (unpaired) electrons. The predicted molar refractivity (Wildman–Crippen MR) is 64.2 cm³/mol. The largest absolute Gasteiger partial charge is 0.511 e. The Kier molecular flexibility index (Phi) is 4.05. The lowest BCUT2D eigenvalue weighted by Gasteiger charge is -2.07. The maximum Gasteiger partial charge on any atom is 0.511 e. The third-order valence-corrected chi connectivity index (χ3v) is 2.51. The lowest BCUT2D eigenvalue weighted by Crippen LogP contribution is -2.07. The van der Waals surface area contributed by atoms with E-state index < -0.39 is 11.1 Å². The van der Waals surface area contributed by atoms with Crippen molar-refractivity contribution in [1.82, 2.24) is 0 Å². The molecule has 0 aliphatic heterocycles. The van der Waals surface area contributed by atoms with Crippen LogP contribution in [0.15, 0.2) is 18.2 Å². The Morgan fingerprint density at radius 1 is 1.62 bits per heavy atom. The fraction of sp³-hybridized carbons (Fsp3) is 0.222. The van der Waals surface area contributed by atoms with Crippen molar-refractivity contribution in [3.63, 3.8) is 0 Å². The Balaban J connectivity index is 3.32. The number of ether oxygens (including phenoxy) is 1. The average molecular weight is 337 g/mol. The maximum absolute atomic E-state index is 10.9. The van der Waals surface area contributed by atoms with Gasteiger partial charge in [0.25, 0.3) is 0 Å². The molecular weight excluding hydrogens is 329 g/mol. The van der Waals surface area contributed by atoms with Gasteiger partial charge in [0.05, 0.1) is 4.92 Å². The number of alkyl halides is 1. The van der Waals surface area contributed by atoms with Crippen LogP contribution >= 0.6 is 22.6 Å². The number of nitro groups is 1. The average Bonchev–Trinajstić information content (AvgIpc) is 2.15. The molecule has 0 saturated heterocycles. The molecule has 0 aromatic heterocycles. The molecule has 0 heterocycles. The van der Waals surface area contributed by atoms with Gasteiger partial charge in [0.1, 0.15) is 0 Å². The summed E-state index contributed by atoms with van der Waals surface area (Å²) in [6, 6.07) is 4.36. The van der Waals surface area contributed by atoms with Crippen LogP contribution in [0.1, 0.15) is 16.4 Å². The molecule has 0 bridgehead atoms. The SMILES string of the molecule is CC(I)c1cccc(OC(=O)O)c1[N+](=O)[O-]. The second-order valence-corrected chi connectivity index (χ2v) is 4.80. The third kappa shape index (κ3) is 2.81. The Morgan fingerprint density at radius 2 is 2.25 bits per heavy atom. The molecule has 0 spiro atoms. The van der Waals surface area contributed by atoms with E-state index in [0.29, 0.717) is 5.56 Å². The van der Waals surface area contributed by atoms with Gasteiger partial charge in [0.2, 0.25) is 5.75 Å². The van der Waals surface area contributed by atoms with Crippen molar-refractivity contribution in [2.24, 2.45) is 0 Å². The molecule has 0 amide bonds. The molecule has 0 fully saturated rings. The zero-order valence-electron chi connectivity index (χ0n) is 8.21. The van der Waals surface area contributed by atoms with Gasteiger partial charge in [-0.15, -0.1) is 0 Å². The van der Waals surface area contributed by atoms with Gasteiger partial charge in [-0.3, -0.25) is 10.1 Å². The molecule has 0 aliphatic rings. The molecule has 6 nitrogen and oxygen atoms in total. The normalized spacial score (nSPS) is 11.9. The minimum absolute atomic E-state index is 0.115. The Hall–Kier alpha value is -1.38. The summed E-state index contributed by atoms with van der Waals surface area (Å²) in [4.78, 5) is 20.6. The number of benzene rings is 1. The van der Waals surface area contributed by atoms with E-state index in [4.69, 9.17) is 5.11 Å². The summed E-state index contributed by atoms with van der Waals surface area (Å²) in [5.74, 6) is -0.251. The number of carbonyl (C=O) groups is 1. The van der Waals surface area contributed by atoms with Crippen molar-refractivity contribution in [2.75, 3.05) is 0 Å². The molecule has 86 valence electrons. The van der Waals surface area contributed by atoms with Crippen LogP contribution in [-0.2, 0) is 0 Å². The highest BCUT2D eigenvalue weighted by Crippen LogP contribution is 2.37. The first-order valence-electron chi connectivity index (χ1n) is 4.25. The summed E-state index contributed by atoms with van der Waals surface area (Å²) >= 11 is 2.01. The van der Waals surface area contributed by atoms with Crippen molar-refractivity contribution in [1.29, 1.82) is 0 Å². The van der Waals surface area contributed by atoms with Gasteiger partial charge < -0.3 is 9.84 Å². The number of rotatable bonds is 3. The zero-order chi connectivity index (χ0) is 12.3. The van der Waals surface area contributed by atoms with E-state index >= 15 is 0 Å². The lowest BCUT2D eigenvalue weighted by atomic mass is 10.1. The topological polar surface area (TPSA) is 89.7 Å². The van der Waals surface area contributed by atoms with Crippen LogP contribution in [-0.4, -0.2) is 16.2 Å². The van der Waals surface area contributed by atoms with E-state index in [-0.39, 0.29) is 15.4 Å². The molecule has 16 heavy (non-hydrogen) atoms. The molecule has 1 N–H and O–H groups in total. The highest BCUT2D eigenvalue weighted by Gasteiger charge is 2.24. The van der Waals surface area contributed by atoms with Gasteiger partial charge in [0, 0.05) is 9.49 Å². The maximum atomic E-state index is 10.9. The van der Waals surface area contributed by atoms with Crippen molar-refractivity contribution in [3.05, 3.63) is 33.9 Å². The molecule has 0 aliphatic carbocycles. The Morgan fingerprint density at radius 3 is 2.69 bits per heavy atom. The van der Waals surface area contributed by atoms with Gasteiger partial charge in [0.15, 0.2) is 0 Å². The second-order valence-electron chi connectivity index (χ2n) is 2.94. The van der Waals surface area contributed by atoms with Crippen molar-refractivity contribution >= 4 is 34.4 Å². The Labute approximate surface area is 105 Å². The van der Waals surface area contributed by atoms with Gasteiger partial charge >= 0.3 is 11.8 Å². The first kappa shape index (κ1) is 12.7. The fourth-order valence-corrected chi connectivity index (χ4v) is 1.73. The van der Waals surface area contributed by atoms with Crippen LogP contribution < -0.4 is 4.74 Å². The van der Waals surface area contributed by atoms with Crippen LogP contribution in [0.3, 0.4) is 0 Å². The van der Waals surface area contributed by atoms with Crippen molar-refractivity contribution < 1.29 is 19.6 Å². The minimum atomic E-state index is -1.57. The molecule has 1 atom stereocenters. The van der Waals surface area contributed by atoms with Crippen LogP contribution in [0.2, 0.25) is 0 Å². The molecule has 7 heteroatoms.